The van der Waals surface area contributed by atoms with Crippen molar-refractivity contribution >= 4 is 0 Å². The van der Waals surface area contributed by atoms with Gasteiger partial charge in [-0.25, -0.2) is 0 Å². The number of rotatable bonds is 6. The van der Waals surface area contributed by atoms with Crippen LogP contribution < -0.4 is 5.32 Å². The molecule has 0 bridgehead atoms. The third-order valence-corrected chi connectivity index (χ3v) is 2.88. The average Bonchev–Trinajstić information content (AvgIpc) is 2.45. The van der Waals surface area contributed by atoms with E-state index >= 15 is 0 Å². The first-order valence-electron chi connectivity index (χ1n) is 6.45. The zero-order valence-corrected chi connectivity index (χ0v) is 10.7. The van der Waals surface area contributed by atoms with Crippen LogP contribution in [0.1, 0.15) is 30.6 Å². The normalized spacial score (nSPS) is 12.3. The fraction of sp³-hybridized carbons (Fsp3) is 0.333. The highest BCUT2D eigenvalue weighted by atomic mass is 15.1. The van der Waals surface area contributed by atoms with Crippen LogP contribution in [0.5, 0.6) is 0 Å². The van der Waals surface area contributed by atoms with Crippen molar-refractivity contribution in [2.24, 2.45) is 0 Å². The predicted molar refractivity (Wildman–Crippen MR) is 73.2 cm³/mol. The average molecular weight is 241 g/mol. The van der Waals surface area contributed by atoms with Gasteiger partial charge in [0, 0.05) is 18.7 Å². The Labute approximate surface area is 108 Å². The molecular weight excluding hydrogens is 222 g/mol. The predicted octanol–water partition coefficient (Wildman–Crippen LogP) is 2.76. The van der Waals surface area contributed by atoms with Gasteiger partial charge in [0.05, 0.1) is 5.69 Å². The summed E-state index contributed by atoms with van der Waals surface area (Å²) in [5.74, 6) is 0. The first-order valence-corrected chi connectivity index (χ1v) is 6.45. The molecule has 1 aromatic heterocycles. The van der Waals surface area contributed by atoms with Crippen molar-refractivity contribution in [3.05, 3.63) is 59.9 Å². The summed E-state index contributed by atoms with van der Waals surface area (Å²) >= 11 is 0. The van der Waals surface area contributed by atoms with E-state index < -0.39 is 0 Å². The van der Waals surface area contributed by atoms with Crippen molar-refractivity contribution in [3.63, 3.8) is 0 Å². The summed E-state index contributed by atoms with van der Waals surface area (Å²) in [5, 5.41) is 11.7. The molecule has 0 amide bonds. The lowest BCUT2D eigenvalue weighted by atomic mass is 10.0. The van der Waals surface area contributed by atoms with Crippen molar-refractivity contribution in [1.82, 2.24) is 15.5 Å². The third kappa shape index (κ3) is 3.64. The lowest BCUT2D eigenvalue weighted by molar-refractivity contribution is 0.522. The molecule has 3 nitrogen and oxygen atoms in total. The maximum Gasteiger partial charge on any atom is 0.0650 e. The van der Waals surface area contributed by atoms with Crippen molar-refractivity contribution in [3.8, 4) is 0 Å². The summed E-state index contributed by atoms with van der Waals surface area (Å²) in [6.07, 6.45) is 3.71. The standard InChI is InChI=1S/C15H19N3/c1-2-10-16-15(13-7-4-3-5-8-13)12-14-9-6-11-17-18-14/h3-9,11,15-16H,2,10,12H2,1H3. The molecule has 1 heterocycles. The molecule has 1 atom stereocenters. The largest absolute Gasteiger partial charge is 0.310 e. The van der Waals surface area contributed by atoms with Gasteiger partial charge in [-0.1, -0.05) is 37.3 Å². The molecule has 18 heavy (non-hydrogen) atoms. The molecule has 2 aromatic rings. The second kappa shape index (κ2) is 6.87. The summed E-state index contributed by atoms with van der Waals surface area (Å²) in [5.41, 5.74) is 2.33. The van der Waals surface area contributed by atoms with Gasteiger partial charge in [-0.3, -0.25) is 0 Å². The fourth-order valence-corrected chi connectivity index (χ4v) is 1.96. The molecule has 0 saturated carbocycles. The summed E-state index contributed by atoms with van der Waals surface area (Å²) in [7, 11) is 0. The van der Waals surface area contributed by atoms with E-state index in [9.17, 15) is 0 Å². The molecular formula is C15H19N3. The first-order chi connectivity index (χ1) is 8.90. The van der Waals surface area contributed by atoms with Crippen LogP contribution in [0.15, 0.2) is 48.7 Å². The molecule has 0 aliphatic heterocycles. The zero-order valence-electron chi connectivity index (χ0n) is 10.7. The summed E-state index contributed by atoms with van der Waals surface area (Å²) in [4.78, 5) is 0. The van der Waals surface area contributed by atoms with E-state index in [1.807, 2.05) is 18.2 Å². The number of benzene rings is 1. The molecule has 1 aromatic carbocycles. The third-order valence-electron chi connectivity index (χ3n) is 2.88. The van der Waals surface area contributed by atoms with Gasteiger partial charge in [-0.05, 0) is 30.7 Å². The van der Waals surface area contributed by atoms with Gasteiger partial charge in [0.2, 0.25) is 0 Å². The van der Waals surface area contributed by atoms with E-state index in [2.05, 4.69) is 46.7 Å². The molecule has 0 radical (unpaired) electrons. The smallest absolute Gasteiger partial charge is 0.0650 e. The second-order valence-corrected chi connectivity index (χ2v) is 4.34. The second-order valence-electron chi connectivity index (χ2n) is 4.34. The van der Waals surface area contributed by atoms with Gasteiger partial charge in [0.1, 0.15) is 0 Å². The number of aromatic nitrogens is 2. The Morgan fingerprint density at radius 3 is 2.61 bits per heavy atom. The molecule has 0 spiro atoms. The van der Waals surface area contributed by atoms with Gasteiger partial charge in [0.25, 0.3) is 0 Å². The first kappa shape index (κ1) is 12.7. The maximum absolute atomic E-state index is 4.16. The van der Waals surface area contributed by atoms with Gasteiger partial charge < -0.3 is 5.32 Å². The highest BCUT2D eigenvalue weighted by Gasteiger charge is 2.11. The van der Waals surface area contributed by atoms with E-state index in [1.165, 1.54) is 5.56 Å². The van der Waals surface area contributed by atoms with Crippen LogP contribution in [0.4, 0.5) is 0 Å². The van der Waals surface area contributed by atoms with E-state index in [4.69, 9.17) is 0 Å². The van der Waals surface area contributed by atoms with Crippen LogP contribution in [0.25, 0.3) is 0 Å². The summed E-state index contributed by atoms with van der Waals surface area (Å²) < 4.78 is 0. The Morgan fingerprint density at radius 2 is 1.94 bits per heavy atom. The Hall–Kier alpha value is -1.74. The number of hydrogen-bond donors (Lipinski definition) is 1. The molecule has 3 heteroatoms. The number of nitrogens with zero attached hydrogens (tertiary/aromatic N) is 2. The van der Waals surface area contributed by atoms with Crippen LogP contribution >= 0.6 is 0 Å². The van der Waals surface area contributed by atoms with Crippen LogP contribution in [0, 0.1) is 0 Å². The van der Waals surface area contributed by atoms with E-state index in [-0.39, 0.29) is 0 Å². The van der Waals surface area contributed by atoms with Crippen LogP contribution in [-0.2, 0) is 6.42 Å². The van der Waals surface area contributed by atoms with Gasteiger partial charge in [0.15, 0.2) is 0 Å². The van der Waals surface area contributed by atoms with Crippen molar-refractivity contribution < 1.29 is 0 Å². The van der Waals surface area contributed by atoms with Crippen molar-refractivity contribution in [2.75, 3.05) is 6.54 Å². The lowest BCUT2D eigenvalue weighted by Crippen LogP contribution is -2.24. The van der Waals surface area contributed by atoms with Crippen LogP contribution in [0.2, 0.25) is 0 Å². The number of nitrogens with one attached hydrogen (secondary N) is 1. The Kier molecular flexibility index (Phi) is 4.85. The minimum absolute atomic E-state index is 0.308. The minimum Gasteiger partial charge on any atom is -0.310 e. The molecule has 0 fully saturated rings. The summed E-state index contributed by atoms with van der Waals surface area (Å²) in [6, 6.07) is 14.8. The molecule has 0 aliphatic carbocycles. The number of hydrogen-bond acceptors (Lipinski definition) is 3. The molecule has 0 saturated heterocycles. The highest BCUT2D eigenvalue weighted by Crippen LogP contribution is 2.16. The van der Waals surface area contributed by atoms with Gasteiger partial charge in [-0.2, -0.15) is 10.2 Å². The van der Waals surface area contributed by atoms with E-state index in [1.54, 1.807) is 6.20 Å². The van der Waals surface area contributed by atoms with E-state index in [0.29, 0.717) is 6.04 Å². The fourth-order valence-electron chi connectivity index (χ4n) is 1.96. The lowest BCUT2D eigenvalue weighted by Gasteiger charge is -2.18. The Morgan fingerprint density at radius 1 is 1.11 bits per heavy atom. The molecule has 1 N–H and O–H groups in total. The quantitative estimate of drug-likeness (QED) is 0.845. The van der Waals surface area contributed by atoms with Gasteiger partial charge >= 0.3 is 0 Å². The summed E-state index contributed by atoms with van der Waals surface area (Å²) in [6.45, 7) is 3.19. The zero-order chi connectivity index (χ0) is 12.6. The monoisotopic (exact) mass is 241 g/mol. The molecule has 1 unspecified atom stereocenters. The van der Waals surface area contributed by atoms with Crippen molar-refractivity contribution in [1.29, 1.82) is 0 Å². The van der Waals surface area contributed by atoms with Gasteiger partial charge in [-0.15, -0.1) is 0 Å². The maximum atomic E-state index is 4.16. The van der Waals surface area contributed by atoms with Crippen LogP contribution in [-0.4, -0.2) is 16.7 Å². The minimum atomic E-state index is 0.308. The Balaban J connectivity index is 2.10. The van der Waals surface area contributed by atoms with Crippen LogP contribution in [0.3, 0.4) is 0 Å². The molecule has 94 valence electrons. The van der Waals surface area contributed by atoms with Crippen molar-refractivity contribution in [2.45, 2.75) is 25.8 Å². The highest BCUT2D eigenvalue weighted by molar-refractivity contribution is 5.20. The topological polar surface area (TPSA) is 37.8 Å². The molecule has 0 aliphatic rings. The molecule has 2 rings (SSSR count). The SMILES string of the molecule is CCCNC(Cc1cccnn1)c1ccccc1. The Bertz CT molecular complexity index is 442. The van der Waals surface area contributed by atoms with E-state index in [0.717, 1.165) is 25.1 Å².